The topological polar surface area (TPSA) is 58.7 Å². The van der Waals surface area contributed by atoms with Crippen molar-refractivity contribution >= 4 is 0 Å². The number of aliphatic hydroxyl groups is 1. The second kappa shape index (κ2) is 8.25. The quantitative estimate of drug-likeness (QED) is 0.676. The average molecular weight is 278 g/mol. The van der Waals surface area contributed by atoms with Crippen molar-refractivity contribution in [3.8, 4) is 5.75 Å². The van der Waals surface area contributed by atoms with Crippen molar-refractivity contribution in [2.24, 2.45) is 5.73 Å². The van der Waals surface area contributed by atoms with E-state index in [1.807, 2.05) is 24.3 Å². The molecule has 1 aliphatic carbocycles. The second-order valence-corrected chi connectivity index (χ2v) is 5.40. The number of ether oxygens (including phenoxy) is 1. The summed E-state index contributed by atoms with van der Waals surface area (Å²) in [6.45, 7) is 3.29. The van der Waals surface area contributed by atoms with Crippen molar-refractivity contribution < 1.29 is 9.84 Å². The minimum Gasteiger partial charge on any atom is -0.494 e. The van der Waals surface area contributed by atoms with Crippen LogP contribution in [-0.2, 0) is 6.54 Å². The van der Waals surface area contributed by atoms with Crippen LogP contribution in [0.25, 0.3) is 0 Å². The van der Waals surface area contributed by atoms with Gasteiger partial charge in [0.1, 0.15) is 5.75 Å². The molecular formula is C16H26N2O2. The van der Waals surface area contributed by atoms with Gasteiger partial charge in [0.05, 0.1) is 13.2 Å². The van der Waals surface area contributed by atoms with Gasteiger partial charge in [-0.05, 0) is 37.0 Å². The predicted octanol–water partition coefficient (Wildman–Crippen LogP) is 1.76. The molecule has 0 atom stereocenters. The van der Waals surface area contributed by atoms with E-state index in [0.717, 1.165) is 30.8 Å². The summed E-state index contributed by atoms with van der Waals surface area (Å²) in [5, 5.41) is 9.11. The summed E-state index contributed by atoms with van der Waals surface area (Å²) >= 11 is 0. The van der Waals surface area contributed by atoms with Crippen LogP contribution in [0.4, 0.5) is 0 Å². The summed E-state index contributed by atoms with van der Waals surface area (Å²) < 4.78 is 5.76. The highest BCUT2D eigenvalue weighted by Gasteiger charge is 2.23. The number of hydrogen-bond donors (Lipinski definition) is 2. The Kier molecular flexibility index (Phi) is 6.30. The predicted molar refractivity (Wildman–Crippen MR) is 80.7 cm³/mol. The van der Waals surface area contributed by atoms with E-state index in [1.165, 1.54) is 19.3 Å². The van der Waals surface area contributed by atoms with Crippen molar-refractivity contribution in [1.29, 1.82) is 0 Å². The fourth-order valence-electron chi connectivity index (χ4n) is 2.58. The van der Waals surface area contributed by atoms with E-state index in [-0.39, 0.29) is 6.61 Å². The number of nitrogens with two attached hydrogens (primary N) is 1. The van der Waals surface area contributed by atoms with E-state index in [1.54, 1.807) is 0 Å². The molecule has 4 nitrogen and oxygen atoms in total. The Morgan fingerprint density at radius 2 is 2.15 bits per heavy atom. The highest BCUT2D eigenvalue weighted by Crippen LogP contribution is 2.24. The van der Waals surface area contributed by atoms with Crippen molar-refractivity contribution in [2.75, 3.05) is 26.3 Å². The molecule has 4 heteroatoms. The molecular weight excluding hydrogens is 252 g/mol. The van der Waals surface area contributed by atoms with Crippen LogP contribution in [0.3, 0.4) is 0 Å². The molecule has 1 aromatic carbocycles. The van der Waals surface area contributed by atoms with Gasteiger partial charge in [-0.3, -0.25) is 4.90 Å². The molecule has 0 aliphatic heterocycles. The van der Waals surface area contributed by atoms with Crippen molar-refractivity contribution in [1.82, 2.24) is 4.90 Å². The smallest absolute Gasteiger partial charge is 0.119 e. The summed E-state index contributed by atoms with van der Waals surface area (Å²) in [6, 6.07) is 8.63. The lowest BCUT2D eigenvalue weighted by Crippen LogP contribution is -2.42. The number of hydrogen-bond acceptors (Lipinski definition) is 4. The number of benzene rings is 1. The van der Waals surface area contributed by atoms with Gasteiger partial charge < -0.3 is 15.6 Å². The molecule has 1 saturated carbocycles. The molecule has 0 bridgehead atoms. The van der Waals surface area contributed by atoms with Crippen LogP contribution in [0.15, 0.2) is 24.3 Å². The lowest BCUT2D eigenvalue weighted by molar-refractivity contribution is 0.0952. The van der Waals surface area contributed by atoms with Crippen LogP contribution in [0.2, 0.25) is 0 Å². The first kappa shape index (κ1) is 15.3. The lowest BCUT2D eigenvalue weighted by Gasteiger charge is -2.37. The van der Waals surface area contributed by atoms with E-state index < -0.39 is 0 Å². The van der Waals surface area contributed by atoms with Crippen molar-refractivity contribution in [3.63, 3.8) is 0 Å². The van der Waals surface area contributed by atoms with Crippen molar-refractivity contribution in [2.45, 2.75) is 38.3 Å². The maximum absolute atomic E-state index is 9.11. The van der Waals surface area contributed by atoms with Crippen molar-refractivity contribution in [3.05, 3.63) is 29.8 Å². The zero-order valence-corrected chi connectivity index (χ0v) is 12.1. The molecule has 2 rings (SSSR count). The molecule has 0 radical (unpaired) electrons. The number of rotatable bonds is 9. The van der Waals surface area contributed by atoms with Crippen LogP contribution in [0.5, 0.6) is 5.75 Å². The van der Waals surface area contributed by atoms with Crippen LogP contribution < -0.4 is 10.5 Å². The summed E-state index contributed by atoms with van der Waals surface area (Å²) in [5.41, 5.74) is 6.71. The Labute approximate surface area is 121 Å². The first-order valence-electron chi connectivity index (χ1n) is 7.60. The normalized spacial score (nSPS) is 15.3. The Hall–Kier alpha value is -1.10. The zero-order chi connectivity index (χ0) is 14.2. The SMILES string of the molecule is NCc1cccc(OCCCN(CCO)C2CCC2)c1. The molecule has 112 valence electrons. The minimum absolute atomic E-state index is 0.246. The number of nitrogens with zero attached hydrogens (tertiary/aromatic N) is 1. The lowest BCUT2D eigenvalue weighted by atomic mass is 9.91. The second-order valence-electron chi connectivity index (χ2n) is 5.40. The number of aliphatic hydroxyl groups excluding tert-OH is 1. The fraction of sp³-hybridized carbons (Fsp3) is 0.625. The molecule has 0 aromatic heterocycles. The molecule has 0 heterocycles. The summed E-state index contributed by atoms with van der Waals surface area (Å²) in [7, 11) is 0. The third kappa shape index (κ3) is 4.47. The first-order chi connectivity index (χ1) is 9.83. The average Bonchev–Trinajstić information content (AvgIpc) is 2.42. The standard InChI is InChI=1S/C16H26N2O2/c17-13-14-4-1-7-16(12-14)20-11-3-8-18(9-10-19)15-5-2-6-15/h1,4,7,12,15,19H,2-3,5-6,8-11,13,17H2. The van der Waals surface area contributed by atoms with Crippen LogP contribution in [0.1, 0.15) is 31.2 Å². The fourth-order valence-corrected chi connectivity index (χ4v) is 2.58. The van der Waals surface area contributed by atoms with Gasteiger partial charge in [-0.1, -0.05) is 18.6 Å². The molecule has 1 fully saturated rings. The Bertz CT molecular complexity index is 394. The third-order valence-electron chi connectivity index (χ3n) is 3.97. The molecule has 3 N–H and O–H groups in total. The molecule has 1 aliphatic rings. The van der Waals surface area contributed by atoms with Gasteiger partial charge in [-0.15, -0.1) is 0 Å². The maximum atomic E-state index is 9.11. The molecule has 20 heavy (non-hydrogen) atoms. The first-order valence-corrected chi connectivity index (χ1v) is 7.60. The van der Waals surface area contributed by atoms with Gasteiger partial charge >= 0.3 is 0 Å². The molecule has 0 saturated heterocycles. The van der Waals surface area contributed by atoms with Crippen LogP contribution in [-0.4, -0.2) is 42.4 Å². The summed E-state index contributed by atoms with van der Waals surface area (Å²) in [6.07, 6.45) is 4.87. The molecule has 0 spiro atoms. The van der Waals surface area contributed by atoms with Gasteiger partial charge in [0.25, 0.3) is 0 Å². The van der Waals surface area contributed by atoms with E-state index >= 15 is 0 Å². The van der Waals surface area contributed by atoms with Gasteiger partial charge in [0, 0.05) is 25.7 Å². The largest absolute Gasteiger partial charge is 0.494 e. The molecule has 0 amide bonds. The summed E-state index contributed by atoms with van der Waals surface area (Å²) in [5.74, 6) is 0.894. The highest BCUT2D eigenvalue weighted by atomic mass is 16.5. The zero-order valence-electron chi connectivity index (χ0n) is 12.1. The van der Waals surface area contributed by atoms with E-state index in [2.05, 4.69) is 4.90 Å². The Morgan fingerprint density at radius 3 is 2.80 bits per heavy atom. The van der Waals surface area contributed by atoms with Gasteiger partial charge in [-0.25, -0.2) is 0 Å². The molecule has 0 unspecified atom stereocenters. The Morgan fingerprint density at radius 1 is 1.30 bits per heavy atom. The third-order valence-corrected chi connectivity index (χ3v) is 3.97. The van der Waals surface area contributed by atoms with Gasteiger partial charge in [-0.2, -0.15) is 0 Å². The summed E-state index contributed by atoms with van der Waals surface area (Å²) in [4.78, 5) is 2.39. The maximum Gasteiger partial charge on any atom is 0.119 e. The Balaban J connectivity index is 1.68. The van der Waals surface area contributed by atoms with Crippen LogP contribution >= 0.6 is 0 Å². The van der Waals surface area contributed by atoms with E-state index in [0.29, 0.717) is 19.2 Å². The monoisotopic (exact) mass is 278 g/mol. The van der Waals surface area contributed by atoms with Crippen LogP contribution in [0, 0.1) is 0 Å². The van der Waals surface area contributed by atoms with E-state index in [4.69, 9.17) is 15.6 Å². The van der Waals surface area contributed by atoms with E-state index in [9.17, 15) is 0 Å². The van der Waals surface area contributed by atoms with Gasteiger partial charge in [0.2, 0.25) is 0 Å². The van der Waals surface area contributed by atoms with Gasteiger partial charge in [0.15, 0.2) is 0 Å². The molecule has 1 aromatic rings. The highest BCUT2D eigenvalue weighted by molar-refractivity contribution is 5.28. The minimum atomic E-state index is 0.246.